The van der Waals surface area contributed by atoms with Gasteiger partial charge in [0.2, 0.25) is 0 Å². The minimum Gasteiger partial charge on any atom is -0.298 e. The molecule has 27 heavy (non-hydrogen) atoms. The molecule has 8 heteroatoms. The Morgan fingerprint density at radius 3 is 2.70 bits per heavy atom. The lowest BCUT2D eigenvalue weighted by Crippen LogP contribution is -2.12. The van der Waals surface area contributed by atoms with E-state index >= 15 is 0 Å². The molecular weight excluding hydrogens is 404 g/mol. The average molecular weight is 421 g/mol. The van der Waals surface area contributed by atoms with Crippen LogP contribution in [0.5, 0.6) is 0 Å². The standard InChI is InChI=1S/C19H17ClN2O3S2/c1-12-5-3-6-13(17(12)20)9-15-11-21-19(26-15)22-18(23)14-7-4-8-16(10-14)27(2,24)25/h3-8,10-11H,9H2,1-2H3,(H,21,22,23). The van der Waals surface area contributed by atoms with Crippen molar-refractivity contribution < 1.29 is 13.2 Å². The van der Waals surface area contributed by atoms with Crippen LogP contribution in [0.15, 0.2) is 53.6 Å². The number of carbonyl (C=O) groups is 1. The van der Waals surface area contributed by atoms with Crippen LogP contribution in [0.25, 0.3) is 0 Å². The van der Waals surface area contributed by atoms with Gasteiger partial charge in [0.15, 0.2) is 15.0 Å². The first-order valence-electron chi connectivity index (χ1n) is 8.04. The number of aromatic nitrogens is 1. The maximum atomic E-state index is 12.4. The topological polar surface area (TPSA) is 76.1 Å². The van der Waals surface area contributed by atoms with Gasteiger partial charge in [0.1, 0.15) is 0 Å². The summed E-state index contributed by atoms with van der Waals surface area (Å²) in [5.74, 6) is -0.407. The number of rotatable bonds is 5. The molecule has 3 aromatic rings. The lowest BCUT2D eigenvalue weighted by Gasteiger charge is -2.05. The zero-order chi connectivity index (χ0) is 19.6. The first-order valence-corrected chi connectivity index (χ1v) is 11.1. The number of hydrogen-bond acceptors (Lipinski definition) is 5. The van der Waals surface area contributed by atoms with Crippen LogP contribution in [-0.4, -0.2) is 25.6 Å². The van der Waals surface area contributed by atoms with E-state index in [0.717, 1.165) is 27.3 Å². The van der Waals surface area contributed by atoms with Crippen molar-refractivity contribution in [3.05, 3.63) is 75.3 Å². The summed E-state index contributed by atoms with van der Waals surface area (Å²) in [5, 5.41) is 3.89. The second kappa shape index (κ2) is 7.80. The monoisotopic (exact) mass is 420 g/mol. The van der Waals surface area contributed by atoms with Gasteiger partial charge in [0, 0.05) is 34.3 Å². The van der Waals surface area contributed by atoms with Crippen LogP contribution in [0, 0.1) is 6.92 Å². The van der Waals surface area contributed by atoms with Gasteiger partial charge < -0.3 is 0 Å². The maximum Gasteiger partial charge on any atom is 0.257 e. The molecule has 0 radical (unpaired) electrons. The van der Waals surface area contributed by atoms with E-state index in [-0.39, 0.29) is 10.5 Å². The summed E-state index contributed by atoms with van der Waals surface area (Å²) >= 11 is 7.69. The highest BCUT2D eigenvalue weighted by Crippen LogP contribution is 2.27. The van der Waals surface area contributed by atoms with Gasteiger partial charge in [-0.2, -0.15) is 0 Å². The molecule has 0 aliphatic rings. The molecule has 1 heterocycles. The van der Waals surface area contributed by atoms with Gasteiger partial charge >= 0.3 is 0 Å². The lowest BCUT2D eigenvalue weighted by molar-refractivity contribution is 0.102. The van der Waals surface area contributed by atoms with E-state index < -0.39 is 15.7 Å². The highest BCUT2D eigenvalue weighted by molar-refractivity contribution is 7.90. The van der Waals surface area contributed by atoms with Gasteiger partial charge in [-0.25, -0.2) is 13.4 Å². The quantitative estimate of drug-likeness (QED) is 0.665. The molecule has 0 saturated carbocycles. The third-order valence-electron chi connectivity index (χ3n) is 3.93. The smallest absolute Gasteiger partial charge is 0.257 e. The molecule has 0 aliphatic heterocycles. The molecule has 0 atom stereocenters. The molecule has 1 N–H and O–H groups in total. The highest BCUT2D eigenvalue weighted by atomic mass is 35.5. The molecule has 0 spiro atoms. The minimum absolute atomic E-state index is 0.101. The fourth-order valence-corrected chi connectivity index (χ4v) is 4.21. The number of amides is 1. The number of nitrogens with one attached hydrogen (secondary N) is 1. The third kappa shape index (κ3) is 4.74. The van der Waals surface area contributed by atoms with Crippen LogP contribution >= 0.6 is 22.9 Å². The SMILES string of the molecule is Cc1cccc(Cc2cnc(NC(=O)c3cccc(S(C)(=O)=O)c3)s2)c1Cl. The van der Waals surface area contributed by atoms with Gasteiger partial charge in [0.05, 0.1) is 4.90 Å². The molecule has 5 nitrogen and oxygen atoms in total. The molecule has 3 rings (SSSR count). The van der Waals surface area contributed by atoms with Gasteiger partial charge in [0.25, 0.3) is 5.91 Å². The number of halogens is 1. The highest BCUT2D eigenvalue weighted by Gasteiger charge is 2.14. The van der Waals surface area contributed by atoms with E-state index in [1.165, 1.54) is 29.5 Å². The first-order chi connectivity index (χ1) is 12.7. The maximum absolute atomic E-state index is 12.4. The van der Waals surface area contributed by atoms with Crippen LogP contribution in [0.3, 0.4) is 0 Å². The largest absolute Gasteiger partial charge is 0.298 e. The summed E-state index contributed by atoms with van der Waals surface area (Å²) in [7, 11) is -3.38. The predicted octanol–water partition coefficient (Wildman–Crippen LogP) is 4.35. The Morgan fingerprint density at radius 1 is 1.22 bits per heavy atom. The Balaban J connectivity index is 1.74. The van der Waals surface area contributed by atoms with Crippen molar-refractivity contribution in [2.45, 2.75) is 18.2 Å². The normalized spacial score (nSPS) is 11.4. The number of nitrogens with zero attached hydrogens (tertiary/aromatic N) is 1. The number of sulfone groups is 1. The van der Waals surface area contributed by atoms with E-state index in [9.17, 15) is 13.2 Å². The zero-order valence-corrected chi connectivity index (χ0v) is 17.1. The molecule has 1 amide bonds. The van der Waals surface area contributed by atoms with Crippen molar-refractivity contribution in [2.75, 3.05) is 11.6 Å². The first kappa shape index (κ1) is 19.5. The molecule has 2 aromatic carbocycles. The van der Waals surface area contributed by atoms with Crippen LogP contribution in [0.4, 0.5) is 5.13 Å². The summed E-state index contributed by atoms with van der Waals surface area (Å²) < 4.78 is 23.3. The van der Waals surface area contributed by atoms with E-state index in [4.69, 9.17) is 11.6 Å². The van der Waals surface area contributed by atoms with E-state index in [1.807, 2.05) is 25.1 Å². The van der Waals surface area contributed by atoms with Crippen molar-refractivity contribution in [3.63, 3.8) is 0 Å². The van der Waals surface area contributed by atoms with E-state index in [2.05, 4.69) is 10.3 Å². The summed E-state index contributed by atoms with van der Waals surface area (Å²) in [6.45, 7) is 1.95. The number of carbonyl (C=O) groups excluding carboxylic acids is 1. The zero-order valence-electron chi connectivity index (χ0n) is 14.7. The summed E-state index contributed by atoms with van der Waals surface area (Å²) in [5.41, 5.74) is 2.27. The number of aryl methyl sites for hydroxylation is 1. The van der Waals surface area contributed by atoms with Crippen molar-refractivity contribution in [1.82, 2.24) is 4.98 Å². The molecule has 0 bridgehead atoms. The molecule has 0 fully saturated rings. The van der Waals surface area contributed by atoms with Crippen molar-refractivity contribution in [3.8, 4) is 0 Å². The van der Waals surface area contributed by atoms with Crippen molar-refractivity contribution >= 4 is 43.8 Å². The Bertz CT molecular complexity index is 1110. The van der Waals surface area contributed by atoms with Crippen molar-refractivity contribution in [2.24, 2.45) is 0 Å². The fourth-order valence-electron chi connectivity index (χ4n) is 2.52. The van der Waals surface area contributed by atoms with E-state index in [0.29, 0.717) is 11.6 Å². The minimum atomic E-state index is -3.38. The second-order valence-corrected chi connectivity index (χ2v) is 9.62. The molecule has 0 unspecified atom stereocenters. The van der Waals surface area contributed by atoms with Gasteiger partial charge in [-0.1, -0.05) is 35.9 Å². The molecule has 140 valence electrons. The number of benzene rings is 2. The molecule has 0 aliphatic carbocycles. The van der Waals surface area contributed by atoms with E-state index in [1.54, 1.807) is 12.3 Å². The Morgan fingerprint density at radius 2 is 1.96 bits per heavy atom. The number of anilines is 1. The third-order valence-corrected chi connectivity index (χ3v) is 6.50. The van der Waals surface area contributed by atoms with Gasteiger partial charge in [-0.05, 0) is 36.2 Å². The molecule has 1 aromatic heterocycles. The second-order valence-electron chi connectivity index (χ2n) is 6.11. The Labute approximate surface area is 167 Å². The lowest BCUT2D eigenvalue weighted by atomic mass is 10.1. The average Bonchev–Trinajstić information content (AvgIpc) is 3.05. The Hall–Kier alpha value is -2.22. The van der Waals surface area contributed by atoms with Crippen molar-refractivity contribution in [1.29, 1.82) is 0 Å². The predicted molar refractivity (Wildman–Crippen MR) is 109 cm³/mol. The summed E-state index contributed by atoms with van der Waals surface area (Å²) in [6.07, 6.45) is 3.43. The van der Waals surface area contributed by atoms with Crippen LogP contribution in [0.1, 0.15) is 26.4 Å². The van der Waals surface area contributed by atoms with Gasteiger partial charge in [-0.15, -0.1) is 11.3 Å². The van der Waals surface area contributed by atoms with Gasteiger partial charge in [-0.3, -0.25) is 10.1 Å². The Kier molecular flexibility index (Phi) is 5.64. The summed E-state index contributed by atoms with van der Waals surface area (Å²) in [6, 6.07) is 11.8. The van der Waals surface area contributed by atoms with Crippen LogP contribution < -0.4 is 5.32 Å². The van der Waals surface area contributed by atoms with Crippen LogP contribution in [0.2, 0.25) is 5.02 Å². The number of hydrogen-bond donors (Lipinski definition) is 1. The molecular formula is C19H17ClN2O3S2. The molecule has 0 saturated heterocycles. The number of thiazole rings is 1. The van der Waals surface area contributed by atoms with Crippen LogP contribution in [-0.2, 0) is 16.3 Å². The summed E-state index contributed by atoms with van der Waals surface area (Å²) in [4.78, 5) is 17.7. The fraction of sp³-hybridized carbons (Fsp3) is 0.158.